The van der Waals surface area contributed by atoms with E-state index in [1.54, 1.807) is 18.2 Å². The van der Waals surface area contributed by atoms with Crippen LogP contribution in [-0.4, -0.2) is 10.9 Å². The Morgan fingerprint density at radius 2 is 1.46 bits per heavy atom. The van der Waals surface area contributed by atoms with Crippen molar-refractivity contribution in [3.63, 3.8) is 0 Å². The second-order valence-electron chi connectivity index (χ2n) is 8.90. The number of benzene rings is 2. The molecule has 0 spiro atoms. The number of Topliss-reactive ketones (excluding diaryl/α,β-unsaturated/α-hetero) is 1. The third-order valence-corrected chi connectivity index (χ3v) is 4.62. The number of allylic oxidation sites excluding steroid dienone is 1. The van der Waals surface area contributed by atoms with E-state index in [0.717, 1.165) is 16.7 Å². The number of carbonyl (C=O) groups excluding carboxylic acids is 1. The van der Waals surface area contributed by atoms with Gasteiger partial charge in [0.1, 0.15) is 11.5 Å². The molecule has 0 amide bonds. The minimum Gasteiger partial charge on any atom is -0.507 e. The van der Waals surface area contributed by atoms with E-state index in [1.807, 2.05) is 24.3 Å². The number of aromatic hydroxyl groups is 1. The summed E-state index contributed by atoms with van der Waals surface area (Å²) in [6, 6.07) is 11.1. The van der Waals surface area contributed by atoms with Crippen molar-refractivity contribution in [2.75, 3.05) is 0 Å². The molecule has 3 rings (SSSR count). The SMILES string of the molecule is CC(C)(C)c1cc(/C=C2\Oc3ccccc3C2=O)cc(C(C)(C)C)c1O. The van der Waals surface area contributed by atoms with Gasteiger partial charge in [0.2, 0.25) is 5.78 Å². The Kier molecular flexibility index (Phi) is 4.22. The van der Waals surface area contributed by atoms with E-state index in [0.29, 0.717) is 22.8 Å². The molecule has 0 bridgehead atoms. The van der Waals surface area contributed by atoms with E-state index in [2.05, 4.69) is 41.5 Å². The Hall–Kier alpha value is -2.55. The topological polar surface area (TPSA) is 46.5 Å². The molecule has 3 heteroatoms. The lowest BCUT2D eigenvalue weighted by Crippen LogP contribution is -2.17. The molecule has 0 aliphatic carbocycles. The molecular formula is C23H26O3. The fraction of sp³-hybridized carbons (Fsp3) is 0.348. The zero-order valence-corrected chi connectivity index (χ0v) is 16.3. The standard InChI is InChI=1S/C23H26O3/c1-22(2,3)16-11-14(12-17(21(16)25)23(4,5)6)13-19-20(24)15-9-7-8-10-18(15)26-19/h7-13,25H,1-6H3/b19-13-. The average molecular weight is 350 g/mol. The minimum absolute atomic E-state index is 0.108. The van der Waals surface area contributed by atoms with Crippen LogP contribution < -0.4 is 4.74 Å². The Balaban J connectivity index is 2.14. The highest BCUT2D eigenvalue weighted by atomic mass is 16.5. The lowest BCUT2D eigenvalue weighted by atomic mass is 9.78. The van der Waals surface area contributed by atoms with Gasteiger partial charge in [0.05, 0.1) is 5.56 Å². The van der Waals surface area contributed by atoms with Gasteiger partial charge < -0.3 is 9.84 Å². The molecule has 3 nitrogen and oxygen atoms in total. The molecule has 2 aromatic carbocycles. The van der Waals surface area contributed by atoms with Crippen molar-refractivity contribution < 1.29 is 14.6 Å². The second kappa shape index (κ2) is 6.01. The van der Waals surface area contributed by atoms with Crippen LogP contribution in [0.2, 0.25) is 0 Å². The Morgan fingerprint density at radius 3 is 1.96 bits per heavy atom. The predicted molar refractivity (Wildman–Crippen MR) is 105 cm³/mol. The summed E-state index contributed by atoms with van der Waals surface area (Å²) in [5.74, 6) is 1.13. The van der Waals surface area contributed by atoms with Gasteiger partial charge in [0.15, 0.2) is 5.76 Å². The van der Waals surface area contributed by atoms with Gasteiger partial charge in [-0.25, -0.2) is 0 Å². The van der Waals surface area contributed by atoms with Gasteiger partial charge in [-0.05, 0) is 46.7 Å². The highest BCUT2D eigenvalue weighted by Crippen LogP contribution is 2.40. The lowest BCUT2D eigenvalue weighted by Gasteiger charge is -2.27. The molecule has 0 fully saturated rings. The van der Waals surface area contributed by atoms with Crippen LogP contribution >= 0.6 is 0 Å². The summed E-state index contributed by atoms with van der Waals surface area (Å²) >= 11 is 0. The van der Waals surface area contributed by atoms with E-state index in [1.165, 1.54) is 0 Å². The molecule has 1 aliphatic rings. The van der Waals surface area contributed by atoms with Gasteiger partial charge in [-0.3, -0.25) is 4.79 Å². The molecule has 1 N–H and O–H groups in total. The summed E-state index contributed by atoms with van der Waals surface area (Å²) in [7, 11) is 0. The van der Waals surface area contributed by atoms with Crippen molar-refractivity contribution in [3.05, 3.63) is 64.4 Å². The fourth-order valence-corrected chi connectivity index (χ4v) is 3.17. The van der Waals surface area contributed by atoms with Gasteiger partial charge in [-0.2, -0.15) is 0 Å². The summed E-state index contributed by atoms with van der Waals surface area (Å²) < 4.78 is 5.75. The first-order valence-corrected chi connectivity index (χ1v) is 8.90. The van der Waals surface area contributed by atoms with Crippen molar-refractivity contribution in [1.29, 1.82) is 0 Å². The second-order valence-corrected chi connectivity index (χ2v) is 8.90. The maximum atomic E-state index is 12.6. The molecule has 26 heavy (non-hydrogen) atoms. The van der Waals surface area contributed by atoms with Crippen molar-refractivity contribution >= 4 is 11.9 Å². The first kappa shape index (κ1) is 18.2. The Morgan fingerprint density at radius 1 is 0.923 bits per heavy atom. The van der Waals surface area contributed by atoms with Crippen molar-refractivity contribution in [1.82, 2.24) is 0 Å². The van der Waals surface area contributed by atoms with Crippen LogP contribution in [0, 0.1) is 0 Å². The van der Waals surface area contributed by atoms with E-state index < -0.39 is 0 Å². The summed E-state index contributed by atoms with van der Waals surface area (Å²) in [6.45, 7) is 12.4. The molecule has 0 saturated carbocycles. The van der Waals surface area contributed by atoms with Gasteiger partial charge in [0.25, 0.3) is 0 Å². The number of hydrogen-bond donors (Lipinski definition) is 1. The van der Waals surface area contributed by atoms with Crippen LogP contribution in [0.1, 0.15) is 68.6 Å². The molecule has 0 saturated heterocycles. The Labute approximate surface area is 155 Å². The predicted octanol–water partition coefficient (Wildman–Crippen LogP) is 5.60. The van der Waals surface area contributed by atoms with E-state index >= 15 is 0 Å². The Bertz CT molecular complexity index is 871. The third kappa shape index (κ3) is 3.26. The summed E-state index contributed by atoms with van der Waals surface area (Å²) in [5.41, 5.74) is 2.72. The average Bonchev–Trinajstić information content (AvgIpc) is 2.83. The number of phenols is 1. The van der Waals surface area contributed by atoms with E-state index in [9.17, 15) is 9.90 Å². The number of phenolic OH excluding ortho intramolecular Hbond substituents is 1. The van der Waals surface area contributed by atoms with Crippen molar-refractivity contribution in [3.8, 4) is 11.5 Å². The number of rotatable bonds is 1. The maximum Gasteiger partial charge on any atom is 0.231 e. The maximum absolute atomic E-state index is 12.6. The summed E-state index contributed by atoms with van der Waals surface area (Å²) in [5, 5.41) is 10.8. The number of ether oxygens (including phenoxy) is 1. The molecule has 0 atom stereocenters. The zero-order valence-electron chi connectivity index (χ0n) is 16.3. The monoisotopic (exact) mass is 350 g/mol. The highest BCUT2D eigenvalue weighted by Gasteiger charge is 2.29. The van der Waals surface area contributed by atoms with Crippen LogP contribution in [0.25, 0.3) is 6.08 Å². The number of fused-ring (bicyclic) bond motifs is 1. The molecule has 1 aliphatic heterocycles. The number of para-hydroxylation sites is 1. The van der Waals surface area contributed by atoms with Crippen LogP contribution in [0.3, 0.4) is 0 Å². The fourth-order valence-electron chi connectivity index (χ4n) is 3.17. The quantitative estimate of drug-likeness (QED) is 0.681. The smallest absolute Gasteiger partial charge is 0.231 e. The van der Waals surface area contributed by atoms with Crippen LogP contribution in [0.15, 0.2) is 42.2 Å². The molecule has 0 radical (unpaired) electrons. The molecular weight excluding hydrogens is 324 g/mol. The van der Waals surface area contributed by atoms with Gasteiger partial charge in [0, 0.05) is 11.1 Å². The van der Waals surface area contributed by atoms with Gasteiger partial charge in [-0.15, -0.1) is 0 Å². The van der Waals surface area contributed by atoms with Gasteiger partial charge in [-0.1, -0.05) is 53.7 Å². The third-order valence-electron chi connectivity index (χ3n) is 4.62. The number of ketones is 1. The van der Waals surface area contributed by atoms with Crippen molar-refractivity contribution in [2.45, 2.75) is 52.4 Å². The highest BCUT2D eigenvalue weighted by molar-refractivity contribution is 6.14. The largest absolute Gasteiger partial charge is 0.507 e. The molecule has 136 valence electrons. The van der Waals surface area contributed by atoms with Crippen LogP contribution in [-0.2, 0) is 10.8 Å². The lowest BCUT2D eigenvalue weighted by molar-refractivity contribution is 0.101. The molecule has 1 heterocycles. The number of hydrogen-bond acceptors (Lipinski definition) is 3. The van der Waals surface area contributed by atoms with E-state index in [-0.39, 0.29) is 16.6 Å². The zero-order chi connectivity index (χ0) is 19.3. The first-order valence-electron chi connectivity index (χ1n) is 8.90. The normalized spacial score (nSPS) is 15.9. The van der Waals surface area contributed by atoms with Gasteiger partial charge >= 0.3 is 0 Å². The number of carbonyl (C=O) groups is 1. The van der Waals surface area contributed by atoms with E-state index in [4.69, 9.17) is 4.74 Å². The molecule has 0 unspecified atom stereocenters. The van der Waals surface area contributed by atoms with Crippen LogP contribution in [0.4, 0.5) is 0 Å². The summed E-state index contributed by atoms with van der Waals surface area (Å²) in [6.07, 6.45) is 1.77. The molecule has 0 aromatic heterocycles. The summed E-state index contributed by atoms with van der Waals surface area (Å²) in [4.78, 5) is 12.6. The first-order chi connectivity index (χ1) is 12.0. The minimum atomic E-state index is -0.220. The molecule has 2 aromatic rings. The van der Waals surface area contributed by atoms with Crippen molar-refractivity contribution in [2.24, 2.45) is 0 Å². The van der Waals surface area contributed by atoms with Crippen LogP contribution in [0.5, 0.6) is 11.5 Å².